The summed E-state index contributed by atoms with van der Waals surface area (Å²) >= 11 is 0. The van der Waals surface area contributed by atoms with Gasteiger partial charge < -0.3 is 19.8 Å². The summed E-state index contributed by atoms with van der Waals surface area (Å²) in [7, 11) is 1.46. The van der Waals surface area contributed by atoms with E-state index in [2.05, 4.69) is 0 Å². The standard InChI is InChI=1S/C14H17NO5/c1-8-5-6-15(12(8)14(18)19)13(17)10-7-9(20-2)3-4-11(10)16/h3-4,7-8,12,16H,5-6H2,1-2H3,(H,18,19). The largest absolute Gasteiger partial charge is 0.507 e. The molecule has 6 nitrogen and oxygen atoms in total. The van der Waals surface area contributed by atoms with Crippen LogP contribution in [0.5, 0.6) is 11.5 Å². The molecule has 20 heavy (non-hydrogen) atoms. The Morgan fingerprint density at radius 3 is 2.70 bits per heavy atom. The summed E-state index contributed by atoms with van der Waals surface area (Å²) in [5, 5.41) is 19.0. The number of benzene rings is 1. The molecule has 2 unspecified atom stereocenters. The van der Waals surface area contributed by atoms with Gasteiger partial charge in [-0.05, 0) is 30.5 Å². The van der Waals surface area contributed by atoms with Crippen LogP contribution in [0.4, 0.5) is 0 Å². The van der Waals surface area contributed by atoms with Gasteiger partial charge in [-0.2, -0.15) is 0 Å². The van der Waals surface area contributed by atoms with Crippen LogP contribution in [-0.2, 0) is 4.79 Å². The maximum atomic E-state index is 12.4. The van der Waals surface area contributed by atoms with Crippen molar-refractivity contribution >= 4 is 11.9 Å². The number of likely N-dealkylation sites (tertiary alicyclic amines) is 1. The summed E-state index contributed by atoms with van der Waals surface area (Å²) in [5.41, 5.74) is 0.0599. The van der Waals surface area contributed by atoms with E-state index in [4.69, 9.17) is 4.74 Å². The second-order valence-electron chi connectivity index (χ2n) is 4.93. The van der Waals surface area contributed by atoms with Crippen LogP contribution in [0, 0.1) is 5.92 Å². The summed E-state index contributed by atoms with van der Waals surface area (Å²) in [6, 6.07) is 3.46. The molecular weight excluding hydrogens is 262 g/mol. The molecule has 0 spiro atoms. The molecule has 1 saturated heterocycles. The van der Waals surface area contributed by atoms with Crippen molar-refractivity contribution in [1.29, 1.82) is 0 Å². The Kier molecular flexibility index (Phi) is 3.83. The zero-order valence-corrected chi connectivity index (χ0v) is 11.4. The van der Waals surface area contributed by atoms with Crippen LogP contribution < -0.4 is 4.74 Å². The Morgan fingerprint density at radius 2 is 2.10 bits per heavy atom. The van der Waals surface area contributed by atoms with E-state index in [0.29, 0.717) is 18.7 Å². The van der Waals surface area contributed by atoms with Crippen LogP contribution in [0.1, 0.15) is 23.7 Å². The van der Waals surface area contributed by atoms with Gasteiger partial charge >= 0.3 is 5.97 Å². The number of carboxylic acid groups (broad SMARTS) is 1. The number of carbonyl (C=O) groups is 2. The number of carbonyl (C=O) groups excluding carboxylic acids is 1. The Morgan fingerprint density at radius 1 is 1.40 bits per heavy atom. The third kappa shape index (κ3) is 2.41. The van der Waals surface area contributed by atoms with E-state index in [1.807, 2.05) is 0 Å². The molecule has 0 aliphatic carbocycles. The lowest BCUT2D eigenvalue weighted by Crippen LogP contribution is -2.42. The summed E-state index contributed by atoms with van der Waals surface area (Å²) in [6.45, 7) is 2.17. The van der Waals surface area contributed by atoms with Crippen molar-refractivity contribution in [3.8, 4) is 11.5 Å². The van der Waals surface area contributed by atoms with Gasteiger partial charge in [0.25, 0.3) is 5.91 Å². The predicted molar refractivity (Wildman–Crippen MR) is 70.9 cm³/mol. The Hall–Kier alpha value is -2.24. The third-order valence-corrected chi connectivity index (χ3v) is 3.65. The first kappa shape index (κ1) is 14.2. The molecule has 1 aliphatic rings. The predicted octanol–water partition coefficient (Wildman–Crippen LogP) is 1.34. The number of methoxy groups -OCH3 is 1. The average Bonchev–Trinajstić information content (AvgIpc) is 2.80. The number of aromatic hydroxyl groups is 1. The molecule has 2 rings (SSSR count). The number of hydrogen-bond donors (Lipinski definition) is 2. The molecule has 2 N–H and O–H groups in total. The topological polar surface area (TPSA) is 87.1 Å². The summed E-state index contributed by atoms with van der Waals surface area (Å²) < 4.78 is 5.02. The minimum Gasteiger partial charge on any atom is -0.507 e. The fourth-order valence-electron chi connectivity index (χ4n) is 2.52. The van der Waals surface area contributed by atoms with Crippen LogP contribution >= 0.6 is 0 Å². The van der Waals surface area contributed by atoms with E-state index in [-0.39, 0.29) is 17.2 Å². The lowest BCUT2D eigenvalue weighted by molar-refractivity contribution is -0.142. The van der Waals surface area contributed by atoms with E-state index >= 15 is 0 Å². The van der Waals surface area contributed by atoms with E-state index < -0.39 is 17.9 Å². The van der Waals surface area contributed by atoms with Crippen LogP contribution in [0.3, 0.4) is 0 Å². The number of amides is 1. The molecular formula is C14H17NO5. The minimum atomic E-state index is -1.02. The third-order valence-electron chi connectivity index (χ3n) is 3.65. The zero-order chi connectivity index (χ0) is 14.9. The number of nitrogens with zero attached hydrogens (tertiary/aromatic N) is 1. The van der Waals surface area contributed by atoms with E-state index in [1.165, 1.54) is 30.2 Å². The van der Waals surface area contributed by atoms with Gasteiger partial charge in [-0.25, -0.2) is 4.79 Å². The zero-order valence-electron chi connectivity index (χ0n) is 11.4. The lowest BCUT2D eigenvalue weighted by Gasteiger charge is -2.23. The number of rotatable bonds is 3. The van der Waals surface area contributed by atoms with Crippen molar-refractivity contribution in [2.75, 3.05) is 13.7 Å². The van der Waals surface area contributed by atoms with Gasteiger partial charge in [0.05, 0.1) is 12.7 Å². The fourth-order valence-corrected chi connectivity index (χ4v) is 2.52. The Labute approximate surface area is 116 Å². The van der Waals surface area contributed by atoms with Crippen LogP contribution in [-0.4, -0.2) is 46.7 Å². The van der Waals surface area contributed by atoms with Crippen LogP contribution in [0.25, 0.3) is 0 Å². The summed E-state index contributed by atoms with van der Waals surface area (Å²) in [6.07, 6.45) is 0.632. The van der Waals surface area contributed by atoms with Gasteiger partial charge in [-0.15, -0.1) is 0 Å². The van der Waals surface area contributed by atoms with Crippen molar-refractivity contribution in [3.63, 3.8) is 0 Å². The molecule has 0 saturated carbocycles. The van der Waals surface area contributed by atoms with Crippen LogP contribution in [0.2, 0.25) is 0 Å². The second kappa shape index (κ2) is 5.40. The number of hydrogen-bond acceptors (Lipinski definition) is 4. The molecule has 6 heteroatoms. The first-order valence-corrected chi connectivity index (χ1v) is 6.36. The number of phenolic OH excluding ortho intramolecular Hbond substituents is 1. The van der Waals surface area contributed by atoms with E-state index in [9.17, 15) is 19.8 Å². The molecule has 1 fully saturated rings. The van der Waals surface area contributed by atoms with Gasteiger partial charge in [0.1, 0.15) is 17.5 Å². The van der Waals surface area contributed by atoms with Crippen molar-refractivity contribution in [2.24, 2.45) is 5.92 Å². The molecule has 0 radical (unpaired) electrons. The first-order valence-electron chi connectivity index (χ1n) is 6.36. The number of aliphatic carboxylic acids is 1. The van der Waals surface area contributed by atoms with Crippen molar-refractivity contribution in [3.05, 3.63) is 23.8 Å². The first-order chi connectivity index (χ1) is 9.45. The van der Waals surface area contributed by atoms with Crippen molar-refractivity contribution in [1.82, 2.24) is 4.90 Å². The molecule has 1 aromatic carbocycles. The van der Waals surface area contributed by atoms with E-state index in [1.54, 1.807) is 6.92 Å². The van der Waals surface area contributed by atoms with Gasteiger partial charge in [0.2, 0.25) is 0 Å². The van der Waals surface area contributed by atoms with Gasteiger partial charge in [0.15, 0.2) is 0 Å². The monoisotopic (exact) mass is 279 g/mol. The second-order valence-corrected chi connectivity index (χ2v) is 4.93. The molecule has 1 aliphatic heterocycles. The molecule has 108 valence electrons. The highest BCUT2D eigenvalue weighted by atomic mass is 16.5. The molecule has 0 aromatic heterocycles. The van der Waals surface area contributed by atoms with Crippen LogP contribution in [0.15, 0.2) is 18.2 Å². The molecule has 1 heterocycles. The normalized spacial score (nSPS) is 21.8. The van der Waals surface area contributed by atoms with Gasteiger partial charge in [-0.3, -0.25) is 4.79 Å². The molecule has 2 atom stereocenters. The number of carboxylic acids is 1. The average molecular weight is 279 g/mol. The number of phenols is 1. The SMILES string of the molecule is COc1ccc(O)c(C(=O)N2CCC(C)C2C(=O)O)c1. The van der Waals surface area contributed by atoms with Gasteiger partial charge in [-0.1, -0.05) is 6.92 Å². The Bertz CT molecular complexity index is 542. The molecule has 0 bridgehead atoms. The smallest absolute Gasteiger partial charge is 0.326 e. The maximum absolute atomic E-state index is 12.4. The Balaban J connectivity index is 2.34. The highest BCUT2D eigenvalue weighted by Gasteiger charge is 2.40. The van der Waals surface area contributed by atoms with Gasteiger partial charge in [0, 0.05) is 6.54 Å². The van der Waals surface area contributed by atoms with E-state index in [0.717, 1.165) is 0 Å². The molecule has 1 aromatic rings. The maximum Gasteiger partial charge on any atom is 0.326 e. The summed E-state index contributed by atoms with van der Waals surface area (Å²) in [4.78, 5) is 25.0. The van der Waals surface area contributed by atoms with Crippen molar-refractivity contribution < 1.29 is 24.5 Å². The highest BCUT2D eigenvalue weighted by molar-refractivity contribution is 5.99. The fraction of sp³-hybridized carbons (Fsp3) is 0.429. The highest BCUT2D eigenvalue weighted by Crippen LogP contribution is 2.30. The lowest BCUT2D eigenvalue weighted by atomic mass is 10.0. The quantitative estimate of drug-likeness (QED) is 0.871. The van der Waals surface area contributed by atoms with Crippen molar-refractivity contribution in [2.45, 2.75) is 19.4 Å². The number of ether oxygens (including phenoxy) is 1. The molecule has 1 amide bonds. The minimum absolute atomic E-state index is 0.0599. The summed E-state index contributed by atoms with van der Waals surface area (Å²) in [5.74, 6) is -1.36.